The van der Waals surface area contributed by atoms with Gasteiger partial charge < -0.3 is 4.74 Å². The Morgan fingerprint density at radius 1 is 1.44 bits per heavy atom. The predicted molar refractivity (Wildman–Crippen MR) is 47.3 cm³/mol. The van der Waals surface area contributed by atoms with Gasteiger partial charge in [-0.2, -0.15) is 18.3 Å². The average Bonchev–Trinajstić information content (AvgIpc) is 2.84. The van der Waals surface area contributed by atoms with Crippen molar-refractivity contribution in [3.63, 3.8) is 0 Å². The lowest BCUT2D eigenvalue weighted by Crippen LogP contribution is -2.10. The van der Waals surface area contributed by atoms with Gasteiger partial charge in [0.2, 0.25) is 5.88 Å². The molecule has 0 saturated heterocycles. The molecule has 0 aliphatic heterocycles. The summed E-state index contributed by atoms with van der Waals surface area (Å²) in [6.07, 6.45) is -1.81. The maximum absolute atomic E-state index is 12.7. The number of aromatic nitrogens is 4. The molecule has 2 aromatic rings. The first-order chi connectivity index (χ1) is 7.54. The van der Waals surface area contributed by atoms with Crippen LogP contribution in [-0.4, -0.2) is 27.1 Å². The molecule has 0 bridgehead atoms. The zero-order valence-corrected chi connectivity index (χ0v) is 8.12. The molecule has 0 aromatic carbocycles. The van der Waals surface area contributed by atoms with Crippen molar-refractivity contribution in [1.29, 1.82) is 0 Å². The Labute approximate surface area is 87.8 Å². The number of nitrogens with zero attached hydrogens (tertiary/aromatic N) is 3. The van der Waals surface area contributed by atoms with Gasteiger partial charge in [0.1, 0.15) is 0 Å². The van der Waals surface area contributed by atoms with Gasteiger partial charge in [0.05, 0.1) is 7.11 Å². The number of rotatable bonds is 2. The fourth-order valence-electron chi connectivity index (χ4n) is 1.29. The Balaban J connectivity index is 2.59. The maximum atomic E-state index is 12.7. The molecular formula is C8H7F3N4O. The molecule has 5 nitrogen and oxygen atoms in total. The Morgan fingerprint density at radius 3 is 2.69 bits per heavy atom. The van der Waals surface area contributed by atoms with Crippen molar-refractivity contribution in [2.45, 2.75) is 6.18 Å². The fourth-order valence-corrected chi connectivity index (χ4v) is 1.29. The van der Waals surface area contributed by atoms with E-state index in [1.807, 2.05) is 0 Å². The van der Waals surface area contributed by atoms with Gasteiger partial charge in [0.15, 0.2) is 11.4 Å². The van der Waals surface area contributed by atoms with Gasteiger partial charge in [-0.15, -0.1) is 5.10 Å². The summed E-state index contributed by atoms with van der Waals surface area (Å²) in [6.45, 7) is 0. The molecular weight excluding hydrogens is 225 g/mol. The molecule has 2 heterocycles. The van der Waals surface area contributed by atoms with Crippen molar-refractivity contribution in [1.82, 2.24) is 20.0 Å². The number of ether oxygens (including phenoxy) is 1. The number of nitrogens with one attached hydrogen (secondary N) is 1. The molecule has 0 fully saturated rings. The van der Waals surface area contributed by atoms with Gasteiger partial charge in [-0.25, -0.2) is 4.68 Å². The van der Waals surface area contributed by atoms with Gasteiger partial charge in [0.25, 0.3) is 0 Å². The Bertz CT molecular complexity index is 474. The SMILES string of the molecule is COc1n[nH]c(-n2cccn2)c1C(F)(F)F. The highest BCUT2D eigenvalue weighted by molar-refractivity contribution is 5.42. The number of H-pyrrole nitrogens is 1. The summed E-state index contributed by atoms with van der Waals surface area (Å²) >= 11 is 0. The van der Waals surface area contributed by atoms with E-state index in [-0.39, 0.29) is 5.82 Å². The molecule has 2 aromatic heterocycles. The quantitative estimate of drug-likeness (QED) is 0.855. The summed E-state index contributed by atoms with van der Waals surface area (Å²) in [7, 11) is 1.12. The van der Waals surface area contributed by atoms with Crippen LogP contribution >= 0.6 is 0 Å². The lowest BCUT2D eigenvalue weighted by Gasteiger charge is -2.08. The highest BCUT2D eigenvalue weighted by Gasteiger charge is 2.40. The molecule has 0 aliphatic rings. The Morgan fingerprint density at radius 2 is 2.19 bits per heavy atom. The van der Waals surface area contributed by atoms with Crippen LogP contribution in [0.5, 0.6) is 5.88 Å². The second-order valence-electron chi connectivity index (χ2n) is 2.90. The van der Waals surface area contributed by atoms with Crippen LogP contribution in [-0.2, 0) is 6.18 Å². The number of aromatic amines is 1. The first kappa shape index (κ1) is 10.5. The lowest BCUT2D eigenvalue weighted by molar-refractivity contribution is -0.138. The number of hydrogen-bond donors (Lipinski definition) is 1. The monoisotopic (exact) mass is 232 g/mol. The number of halogens is 3. The second-order valence-corrected chi connectivity index (χ2v) is 2.90. The van der Waals surface area contributed by atoms with Crippen LogP contribution in [0.3, 0.4) is 0 Å². The first-order valence-corrected chi connectivity index (χ1v) is 4.23. The number of alkyl halides is 3. The molecule has 0 saturated carbocycles. The third-order valence-corrected chi connectivity index (χ3v) is 1.92. The van der Waals surface area contributed by atoms with E-state index in [9.17, 15) is 13.2 Å². The van der Waals surface area contributed by atoms with Gasteiger partial charge in [0, 0.05) is 12.4 Å². The van der Waals surface area contributed by atoms with E-state index >= 15 is 0 Å². The summed E-state index contributed by atoms with van der Waals surface area (Å²) in [6, 6.07) is 1.51. The molecule has 0 aliphatic carbocycles. The van der Waals surface area contributed by atoms with Gasteiger partial charge in [-0.1, -0.05) is 0 Å². The molecule has 0 spiro atoms. The van der Waals surface area contributed by atoms with E-state index in [0.29, 0.717) is 0 Å². The summed E-state index contributed by atoms with van der Waals surface area (Å²) < 4.78 is 43.8. The minimum absolute atomic E-state index is 0.269. The van der Waals surface area contributed by atoms with E-state index in [2.05, 4.69) is 20.0 Å². The average molecular weight is 232 g/mol. The minimum atomic E-state index is -4.56. The zero-order valence-electron chi connectivity index (χ0n) is 8.12. The Hall–Kier alpha value is -1.99. The highest BCUT2D eigenvalue weighted by atomic mass is 19.4. The van der Waals surface area contributed by atoms with Gasteiger partial charge >= 0.3 is 6.18 Å². The first-order valence-electron chi connectivity index (χ1n) is 4.23. The molecule has 0 amide bonds. The molecule has 86 valence electrons. The van der Waals surface area contributed by atoms with Crippen molar-refractivity contribution < 1.29 is 17.9 Å². The summed E-state index contributed by atoms with van der Waals surface area (Å²) in [5.74, 6) is -0.771. The largest absolute Gasteiger partial charge is 0.479 e. The second kappa shape index (κ2) is 3.54. The highest BCUT2D eigenvalue weighted by Crippen LogP contribution is 2.38. The van der Waals surface area contributed by atoms with Crippen molar-refractivity contribution in [2.75, 3.05) is 7.11 Å². The van der Waals surface area contributed by atoms with E-state index in [4.69, 9.17) is 0 Å². The molecule has 1 N–H and O–H groups in total. The van der Waals surface area contributed by atoms with Crippen LogP contribution in [0.15, 0.2) is 18.5 Å². The standard InChI is InChI=1S/C8H7F3N4O/c1-16-7-5(8(9,10)11)6(13-14-7)15-4-2-3-12-15/h2-4H,1H3,(H,13,14). The van der Waals surface area contributed by atoms with Gasteiger partial charge in [-0.05, 0) is 6.07 Å². The van der Waals surface area contributed by atoms with Crippen molar-refractivity contribution in [3.8, 4) is 11.7 Å². The third kappa shape index (κ3) is 1.62. The predicted octanol–water partition coefficient (Wildman–Crippen LogP) is 1.62. The summed E-state index contributed by atoms with van der Waals surface area (Å²) in [5, 5.41) is 9.37. The lowest BCUT2D eigenvalue weighted by atomic mass is 10.3. The van der Waals surface area contributed by atoms with Crippen molar-refractivity contribution in [3.05, 3.63) is 24.0 Å². The molecule has 0 atom stereocenters. The summed E-state index contributed by atoms with van der Waals surface area (Å²) in [5.41, 5.74) is -0.973. The molecule has 2 rings (SSSR count). The maximum Gasteiger partial charge on any atom is 0.425 e. The Kier molecular flexibility index (Phi) is 2.33. The molecule has 0 unspecified atom stereocenters. The van der Waals surface area contributed by atoms with Crippen LogP contribution in [0.1, 0.15) is 5.56 Å². The van der Waals surface area contributed by atoms with Crippen LogP contribution in [0, 0.1) is 0 Å². The molecule has 8 heteroatoms. The molecule has 0 radical (unpaired) electrons. The number of hydrogen-bond acceptors (Lipinski definition) is 3. The van der Waals surface area contributed by atoms with Crippen LogP contribution in [0.4, 0.5) is 13.2 Å². The zero-order chi connectivity index (χ0) is 11.8. The summed E-state index contributed by atoms with van der Waals surface area (Å²) in [4.78, 5) is 0. The van der Waals surface area contributed by atoms with E-state index in [0.717, 1.165) is 11.8 Å². The van der Waals surface area contributed by atoms with Crippen LogP contribution < -0.4 is 4.74 Å². The van der Waals surface area contributed by atoms with Crippen LogP contribution in [0.2, 0.25) is 0 Å². The fraction of sp³-hybridized carbons (Fsp3) is 0.250. The minimum Gasteiger partial charge on any atom is -0.479 e. The van der Waals surface area contributed by atoms with Crippen molar-refractivity contribution in [2.24, 2.45) is 0 Å². The van der Waals surface area contributed by atoms with E-state index in [1.165, 1.54) is 18.5 Å². The van der Waals surface area contributed by atoms with Gasteiger partial charge in [-0.3, -0.25) is 5.10 Å². The smallest absolute Gasteiger partial charge is 0.425 e. The van der Waals surface area contributed by atoms with E-state index in [1.54, 1.807) is 0 Å². The number of methoxy groups -OCH3 is 1. The van der Waals surface area contributed by atoms with Crippen molar-refractivity contribution >= 4 is 0 Å². The normalized spacial score (nSPS) is 11.8. The molecule has 16 heavy (non-hydrogen) atoms. The third-order valence-electron chi connectivity index (χ3n) is 1.92. The topological polar surface area (TPSA) is 55.7 Å². The van der Waals surface area contributed by atoms with Crippen LogP contribution in [0.25, 0.3) is 5.82 Å². The van der Waals surface area contributed by atoms with E-state index < -0.39 is 17.6 Å².